The number of hydrogen-bond donors (Lipinski definition) is 1. The molecule has 2 aromatic carbocycles. The quantitative estimate of drug-likeness (QED) is 0.404. The Hall–Kier alpha value is -3.35. The van der Waals surface area contributed by atoms with Crippen molar-refractivity contribution in [3.05, 3.63) is 100 Å². The minimum atomic E-state index is -0.188. The van der Waals surface area contributed by atoms with Gasteiger partial charge >= 0.3 is 0 Å². The van der Waals surface area contributed by atoms with Crippen LogP contribution in [0.2, 0.25) is 5.02 Å². The number of rotatable bonds is 7. The fraction of sp³-hybridized carbons (Fsp3) is 0.167. The predicted octanol–water partition coefficient (Wildman–Crippen LogP) is 5.70. The number of aryl methyl sites for hydroxylation is 1. The summed E-state index contributed by atoms with van der Waals surface area (Å²) in [7, 11) is 0. The van der Waals surface area contributed by atoms with E-state index < -0.39 is 0 Å². The molecule has 31 heavy (non-hydrogen) atoms. The minimum Gasteiger partial charge on any atom is -0.467 e. The van der Waals surface area contributed by atoms with Crippen molar-refractivity contribution < 1.29 is 13.9 Å². The van der Waals surface area contributed by atoms with E-state index in [1.165, 1.54) is 0 Å². The molecule has 0 saturated carbocycles. The van der Waals surface area contributed by atoms with Crippen molar-refractivity contribution in [1.82, 2.24) is 9.78 Å². The van der Waals surface area contributed by atoms with Crippen molar-refractivity contribution >= 4 is 23.2 Å². The molecule has 0 fully saturated rings. The van der Waals surface area contributed by atoms with Crippen LogP contribution in [0.25, 0.3) is 5.69 Å². The van der Waals surface area contributed by atoms with E-state index in [2.05, 4.69) is 10.4 Å². The molecule has 0 bridgehead atoms. The standard InChI is InChI=1S/C24H22ClN3O3/c1-16-23(25)17(2)28(27-16)21-10-8-19(9-11-21)24(29)26-20-6-3-5-18(13-20)14-30-15-22-7-4-12-31-22/h3-13H,14-15H2,1-2H3,(H,26,29). The smallest absolute Gasteiger partial charge is 0.255 e. The van der Waals surface area contributed by atoms with Crippen LogP contribution in [0.4, 0.5) is 5.69 Å². The van der Waals surface area contributed by atoms with Gasteiger partial charge in [0.05, 0.1) is 35.0 Å². The summed E-state index contributed by atoms with van der Waals surface area (Å²) in [6.45, 7) is 4.60. The van der Waals surface area contributed by atoms with Crippen molar-refractivity contribution in [2.24, 2.45) is 0 Å². The third-order valence-corrected chi connectivity index (χ3v) is 5.40. The monoisotopic (exact) mass is 435 g/mol. The Bertz CT molecular complexity index is 1180. The number of carbonyl (C=O) groups is 1. The highest BCUT2D eigenvalue weighted by atomic mass is 35.5. The highest BCUT2D eigenvalue weighted by molar-refractivity contribution is 6.31. The first-order valence-electron chi connectivity index (χ1n) is 9.84. The van der Waals surface area contributed by atoms with Gasteiger partial charge in [0, 0.05) is 11.3 Å². The summed E-state index contributed by atoms with van der Waals surface area (Å²) in [5.41, 5.74) is 4.70. The van der Waals surface area contributed by atoms with Gasteiger partial charge in [-0.05, 0) is 67.9 Å². The molecule has 2 aromatic heterocycles. The van der Waals surface area contributed by atoms with Gasteiger partial charge in [-0.3, -0.25) is 4.79 Å². The van der Waals surface area contributed by atoms with E-state index in [1.54, 1.807) is 23.1 Å². The van der Waals surface area contributed by atoms with Gasteiger partial charge in [-0.15, -0.1) is 0 Å². The number of hydrogen-bond acceptors (Lipinski definition) is 4. The summed E-state index contributed by atoms with van der Waals surface area (Å²) in [6, 6.07) is 18.5. The Morgan fingerprint density at radius 1 is 1.10 bits per heavy atom. The van der Waals surface area contributed by atoms with Gasteiger partial charge < -0.3 is 14.5 Å². The summed E-state index contributed by atoms with van der Waals surface area (Å²) in [4.78, 5) is 12.7. The lowest BCUT2D eigenvalue weighted by molar-refractivity contribution is 0.0929. The maximum Gasteiger partial charge on any atom is 0.255 e. The number of anilines is 1. The first-order valence-corrected chi connectivity index (χ1v) is 10.2. The Labute approximate surface area is 185 Å². The molecule has 7 heteroatoms. The zero-order valence-corrected chi connectivity index (χ0v) is 18.0. The van der Waals surface area contributed by atoms with Crippen LogP contribution < -0.4 is 5.32 Å². The van der Waals surface area contributed by atoms with Gasteiger partial charge in [0.25, 0.3) is 5.91 Å². The van der Waals surface area contributed by atoms with Gasteiger partial charge in [-0.25, -0.2) is 4.68 Å². The predicted molar refractivity (Wildman–Crippen MR) is 120 cm³/mol. The van der Waals surface area contributed by atoms with Gasteiger partial charge in [-0.2, -0.15) is 5.10 Å². The molecule has 0 unspecified atom stereocenters. The Morgan fingerprint density at radius 3 is 2.58 bits per heavy atom. The number of ether oxygens (including phenoxy) is 1. The molecule has 0 aliphatic rings. The number of nitrogens with one attached hydrogen (secondary N) is 1. The molecule has 1 amide bonds. The fourth-order valence-electron chi connectivity index (χ4n) is 3.24. The van der Waals surface area contributed by atoms with Gasteiger partial charge in [0.15, 0.2) is 0 Å². The number of nitrogens with zero attached hydrogens (tertiary/aromatic N) is 2. The van der Waals surface area contributed by atoms with Crippen LogP contribution in [0.1, 0.15) is 33.1 Å². The van der Waals surface area contributed by atoms with E-state index in [4.69, 9.17) is 20.8 Å². The maximum atomic E-state index is 12.7. The van der Waals surface area contributed by atoms with Crippen LogP contribution in [0, 0.1) is 13.8 Å². The second kappa shape index (κ2) is 9.20. The van der Waals surface area contributed by atoms with E-state index in [-0.39, 0.29) is 5.91 Å². The zero-order valence-electron chi connectivity index (χ0n) is 17.3. The highest BCUT2D eigenvalue weighted by Crippen LogP contribution is 2.23. The number of aromatic nitrogens is 2. The Balaban J connectivity index is 1.39. The number of benzene rings is 2. The van der Waals surface area contributed by atoms with E-state index in [9.17, 15) is 4.79 Å². The number of furan rings is 1. The normalized spacial score (nSPS) is 10.9. The summed E-state index contributed by atoms with van der Waals surface area (Å²) in [5, 5.41) is 8.02. The molecule has 2 heterocycles. The molecule has 158 valence electrons. The average Bonchev–Trinajstić information content (AvgIpc) is 3.38. The Morgan fingerprint density at radius 2 is 1.90 bits per heavy atom. The molecular formula is C24H22ClN3O3. The van der Waals surface area contributed by atoms with Crippen molar-refractivity contribution in [2.75, 3.05) is 5.32 Å². The molecule has 0 atom stereocenters. The van der Waals surface area contributed by atoms with E-state index in [1.807, 2.05) is 62.4 Å². The van der Waals surface area contributed by atoms with Crippen molar-refractivity contribution in [2.45, 2.75) is 27.1 Å². The SMILES string of the molecule is Cc1nn(-c2ccc(C(=O)Nc3cccc(COCc4ccco4)c3)cc2)c(C)c1Cl. The van der Waals surface area contributed by atoms with Crippen LogP contribution in [0.3, 0.4) is 0 Å². The van der Waals surface area contributed by atoms with Crippen LogP contribution in [0.15, 0.2) is 71.3 Å². The van der Waals surface area contributed by atoms with E-state index >= 15 is 0 Å². The van der Waals surface area contributed by atoms with Gasteiger partial charge in [-0.1, -0.05) is 23.7 Å². The Kier molecular flexibility index (Phi) is 6.21. The summed E-state index contributed by atoms with van der Waals surface area (Å²) in [5.74, 6) is 0.585. The topological polar surface area (TPSA) is 69.3 Å². The molecule has 1 N–H and O–H groups in total. The molecule has 4 aromatic rings. The molecule has 0 saturated heterocycles. The maximum absolute atomic E-state index is 12.7. The van der Waals surface area contributed by atoms with Crippen LogP contribution in [-0.4, -0.2) is 15.7 Å². The fourth-order valence-corrected chi connectivity index (χ4v) is 3.35. The van der Waals surface area contributed by atoms with Gasteiger partial charge in [0.1, 0.15) is 12.4 Å². The molecule has 0 radical (unpaired) electrons. The summed E-state index contributed by atoms with van der Waals surface area (Å²) in [6.07, 6.45) is 1.62. The lowest BCUT2D eigenvalue weighted by Crippen LogP contribution is -2.12. The minimum absolute atomic E-state index is 0.188. The summed E-state index contributed by atoms with van der Waals surface area (Å²) < 4.78 is 12.7. The third-order valence-electron chi connectivity index (χ3n) is 4.86. The molecule has 0 aliphatic carbocycles. The first-order chi connectivity index (χ1) is 15.0. The van der Waals surface area contributed by atoms with Crippen LogP contribution in [0.5, 0.6) is 0 Å². The molecule has 0 spiro atoms. The lowest BCUT2D eigenvalue weighted by Gasteiger charge is -2.09. The molecular weight excluding hydrogens is 414 g/mol. The number of halogens is 1. The highest BCUT2D eigenvalue weighted by Gasteiger charge is 2.12. The summed E-state index contributed by atoms with van der Waals surface area (Å²) >= 11 is 6.23. The van der Waals surface area contributed by atoms with E-state index in [0.717, 1.165) is 28.4 Å². The first kappa shape index (κ1) is 20.9. The second-order valence-electron chi connectivity index (χ2n) is 7.17. The molecule has 0 aliphatic heterocycles. The average molecular weight is 436 g/mol. The zero-order chi connectivity index (χ0) is 21.8. The van der Waals surface area contributed by atoms with Crippen LogP contribution >= 0.6 is 11.6 Å². The lowest BCUT2D eigenvalue weighted by atomic mass is 10.1. The van der Waals surface area contributed by atoms with E-state index in [0.29, 0.717) is 29.5 Å². The van der Waals surface area contributed by atoms with Crippen molar-refractivity contribution in [3.63, 3.8) is 0 Å². The largest absolute Gasteiger partial charge is 0.467 e. The molecule has 6 nitrogen and oxygen atoms in total. The second-order valence-corrected chi connectivity index (χ2v) is 7.55. The van der Waals surface area contributed by atoms with Crippen molar-refractivity contribution in [1.29, 1.82) is 0 Å². The van der Waals surface area contributed by atoms with Crippen LogP contribution in [-0.2, 0) is 18.0 Å². The number of amides is 1. The third kappa shape index (κ3) is 4.87. The van der Waals surface area contributed by atoms with Crippen molar-refractivity contribution in [3.8, 4) is 5.69 Å². The van der Waals surface area contributed by atoms with Gasteiger partial charge in [0.2, 0.25) is 0 Å². The number of carbonyl (C=O) groups excluding carboxylic acids is 1. The molecule has 4 rings (SSSR count).